The lowest BCUT2D eigenvalue weighted by Crippen LogP contribution is -2.13. The van der Waals surface area contributed by atoms with Gasteiger partial charge in [0.1, 0.15) is 10.7 Å². The van der Waals surface area contributed by atoms with Crippen molar-refractivity contribution in [1.82, 2.24) is 0 Å². The highest BCUT2D eigenvalue weighted by Crippen LogP contribution is 2.24. The van der Waals surface area contributed by atoms with Crippen LogP contribution in [0.15, 0.2) is 51.8 Å². The smallest absolute Gasteiger partial charge is 0.263 e. The summed E-state index contributed by atoms with van der Waals surface area (Å²) in [7, 11) is -3.80. The van der Waals surface area contributed by atoms with E-state index in [1.54, 1.807) is 18.2 Å². The van der Waals surface area contributed by atoms with Gasteiger partial charge in [-0.15, -0.1) is 0 Å². The average Bonchev–Trinajstić information content (AvgIpc) is 2.26. The van der Waals surface area contributed by atoms with Crippen LogP contribution in [0.2, 0.25) is 0 Å². The van der Waals surface area contributed by atoms with Crippen molar-refractivity contribution in [1.29, 1.82) is 0 Å². The van der Waals surface area contributed by atoms with Crippen molar-refractivity contribution in [2.45, 2.75) is 4.90 Å². The van der Waals surface area contributed by atoms with E-state index < -0.39 is 15.8 Å². The summed E-state index contributed by atoms with van der Waals surface area (Å²) in [5.41, 5.74) is 5.68. The van der Waals surface area contributed by atoms with Crippen molar-refractivity contribution in [2.24, 2.45) is 0 Å². The monoisotopic (exact) mass is 344 g/mol. The fourth-order valence-corrected chi connectivity index (χ4v) is 3.59. The van der Waals surface area contributed by atoms with Gasteiger partial charge in [0.2, 0.25) is 0 Å². The van der Waals surface area contributed by atoms with Gasteiger partial charge in [-0.05, 0) is 46.3 Å². The summed E-state index contributed by atoms with van der Waals surface area (Å²) in [5.74, 6) is -0.607. The lowest BCUT2D eigenvalue weighted by Gasteiger charge is -2.10. The molecule has 2 aromatic rings. The molecule has 100 valence electrons. The molecule has 0 aliphatic rings. The third kappa shape index (κ3) is 3.24. The standard InChI is InChI=1S/C12H10BrFN2O2S/c13-11-3-1-2-4-12(11)19(17,18)16-10-6-8(14)5-9(15)7-10/h1-7,16H,15H2. The highest BCUT2D eigenvalue weighted by atomic mass is 79.9. The van der Waals surface area contributed by atoms with Crippen LogP contribution in [0, 0.1) is 5.82 Å². The van der Waals surface area contributed by atoms with Gasteiger partial charge in [0.05, 0.1) is 5.69 Å². The molecule has 0 atom stereocenters. The summed E-state index contributed by atoms with van der Waals surface area (Å²) in [6.07, 6.45) is 0. The molecular formula is C12H10BrFN2O2S. The highest BCUT2D eigenvalue weighted by molar-refractivity contribution is 9.10. The Kier molecular flexibility index (Phi) is 3.77. The van der Waals surface area contributed by atoms with Crippen molar-refractivity contribution in [2.75, 3.05) is 10.5 Å². The predicted octanol–water partition coefficient (Wildman–Crippen LogP) is 2.97. The van der Waals surface area contributed by atoms with Crippen LogP contribution in [-0.4, -0.2) is 8.42 Å². The molecule has 0 aliphatic heterocycles. The Morgan fingerprint density at radius 1 is 1.16 bits per heavy atom. The predicted molar refractivity (Wildman–Crippen MR) is 75.8 cm³/mol. The number of halogens is 2. The third-order valence-corrected chi connectivity index (χ3v) is 4.69. The highest BCUT2D eigenvalue weighted by Gasteiger charge is 2.17. The van der Waals surface area contributed by atoms with Gasteiger partial charge < -0.3 is 5.73 Å². The first-order valence-corrected chi connectivity index (χ1v) is 7.49. The molecule has 0 aliphatic carbocycles. The number of hydrogen-bond acceptors (Lipinski definition) is 3. The molecule has 0 heterocycles. The van der Waals surface area contributed by atoms with Crippen molar-refractivity contribution >= 4 is 37.3 Å². The number of sulfonamides is 1. The molecule has 0 saturated carbocycles. The number of hydrogen-bond donors (Lipinski definition) is 2. The number of nitrogens with two attached hydrogens (primary N) is 1. The average molecular weight is 345 g/mol. The molecule has 2 aromatic carbocycles. The molecule has 0 spiro atoms. The molecule has 4 nitrogen and oxygen atoms in total. The number of benzene rings is 2. The number of anilines is 2. The Morgan fingerprint density at radius 3 is 2.47 bits per heavy atom. The summed E-state index contributed by atoms with van der Waals surface area (Å²) >= 11 is 3.16. The second kappa shape index (κ2) is 5.18. The van der Waals surface area contributed by atoms with Gasteiger partial charge in [-0.3, -0.25) is 4.72 Å². The summed E-state index contributed by atoms with van der Waals surface area (Å²) in [6, 6.07) is 9.85. The molecule has 2 rings (SSSR count). The zero-order chi connectivity index (χ0) is 14.0. The Labute approximate surface area is 118 Å². The summed E-state index contributed by atoms with van der Waals surface area (Å²) in [6.45, 7) is 0. The van der Waals surface area contributed by atoms with E-state index in [1.165, 1.54) is 12.1 Å². The molecule has 0 radical (unpaired) electrons. The van der Waals surface area contributed by atoms with Crippen LogP contribution < -0.4 is 10.5 Å². The first kappa shape index (κ1) is 13.8. The van der Waals surface area contributed by atoms with Gasteiger partial charge in [0.25, 0.3) is 10.0 Å². The zero-order valence-electron chi connectivity index (χ0n) is 9.60. The molecule has 0 saturated heterocycles. The van der Waals surface area contributed by atoms with Crippen LogP contribution in [0.3, 0.4) is 0 Å². The maximum Gasteiger partial charge on any atom is 0.263 e. The van der Waals surface area contributed by atoms with E-state index in [0.29, 0.717) is 4.47 Å². The molecule has 0 unspecified atom stereocenters. The zero-order valence-corrected chi connectivity index (χ0v) is 12.0. The second-order valence-electron chi connectivity index (χ2n) is 3.81. The second-order valence-corrected chi connectivity index (χ2v) is 6.31. The quantitative estimate of drug-likeness (QED) is 0.840. The van der Waals surface area contributed by atoms with E-state index in [0.717, 1.165) is 12.1 Å². The minimum Gasteiger partial charge on any atom is -0.399 e. The van der Waals surface area contributed by atoms with Crippen LogP contribution in [0.5, 0.6) is 0 Å². The summed E-state index contributed by atoms with van der Waals surface area (Å²) < 4.78 is 40.1. The van der Waals surface area contributed by atoms with Gasteiger partial charge in [0.15, 0.2) is 0 Å². The van der Waals surface area contributed by atoms with Crippen LogP contribution in [0.25, 0.3) is 0 Å². The van der Waals surface area contributed by atoms with Crippen molar-refractivity contribution in [3.63, 3.8) is 0 Å². The molecule has 0 aromatic heterocycles. The van der Waals surface area contributed by atoms with Crippen molar-refractivity contribution in [3.05, 3.63) is 52.8 Å². The van der Waals surface area contributed by atoms with E-state index >= 15 is 0 Å². The van der Waals surface area contributed by atoms with Gasteiger partial charge in [0, 0.05) is 10.2 Å². The van der Waals surface area contributed by atoms with E-state index in [9.17, 15) is 12.8 Å². The number of rotatable bonds is 3. The van der Waals surface area contributed by atoms with Crippen molar-refractivity contribution < 1.29 is 12.8 Å². The number of nitrogen functional groups attached to an aromatic ring is 1. The Morgan fingerprint density at radius 2 is 1.84 bits per heavy atom. The van der Waals surface area contributed by atoms with Crippen LogP contribution in [0.4, 0.5) is 15.8 Å². The SMILES string of the molecule is Nc1cc(F)cc(NS(=O)(=O)c2ccccc2Br)c1. The maximum atomic E-state index is 13.2. The van der Waals surface area contributed by atoms with E-state index in [4.69, 9.17) is 5.73 Å². The van der Waals surface area contributed by atoms with Gasteiger partial charge in [-0.2, -0.15) is 0 Å². The van der Waals surface area contributed by atoms with Gasteiger partial charge in [-0.1, -0.05) is 12.1 Å². The van der Waals surface area contributed by atoms with Crippen LogP contribution >= 0.6 is 15.9 Å². The maximum absolute atomic E-state index is 13.2. The van der Waals surface area contributed by atoms with Crippen LogP contribution in [-0.2, 0) is 10.0 Å². The van der Waals surface area contributed by atoms with E-state index in [2.05, 4.69) is 20.7 Å². The van der Waals surface area contributed by atoms with Gasteiger partial charge in [-0.25, -0.2) is 12.8 Å². The largest absolute Gasteiger partial charge is 0.399 e. The summed E-state index contributed by atoms with van der Waals surface area (Å²) in [4.78, 5) is 0.0674. The van der Waals surface area contributed by atoms with Crippen molar-refractivity contribution in [3.8, 4) is 0 Å². The first-order valence-electron chi connectivity index (χ1n) is 5.22. The molecule has 7 heteroatoms. The Hall–Kier alpha value is -1.60. The molecule has 0 amide bonds. The Bertz CT molecular complexity index is 699. The lowest BCUT2D eigenvalue weighted by atomic mass is 10.3. The minimum absolute atomic E-state index is 0.0674. The first-order chi connectivity index (χ1) is 8.88. The number of nitrogens with one attached hydrogen (secondary N) is 1. The molecule has 3 N–H and O–H groups in total. The molecule has 0 fully saturated rings. The molecule has 0 bridgehead atoms. The fourth-order valence-electron chi connectivity index (χ4n) is 1.54. The van der Waals surface area contributed by atoms with Gasteiger partial charge >= 0.3 is 0 Å². The Balaban J connectivity index is 2.39. The van der Waals surface area contributed by atoms with Crippen LogP contribution in [0.1, 0.15) is 0 Å². The normalized spacial score (nSPS) is 11.3. The van der Waals surface area contributed by atoms with E-state index in [-0.39, 0.29) is 16.3 Å². The summed E-state index contributed by atoms with van der Waals surface area (Å²) in [5, 5.41) is 0. The van der Waals surface area contributed by atoms with E-state index in [1.807, 2.05) is 0 Å². The topological polar surface area (TPSA) is 72.2 Å². The fraction of sp³-hybridized carbons (Fsp3) is 0. The minimum atomic E-state index is -3.80. The third-order valence-electron chi connectivity index (χ3n) is 2.30. The molecular weight excluding hydrogens is 335 g/mol. The molecule has 19 heavy (non-hydrogen) atoms. The lowest BCUT2D eigenvalue weighted by molar-refractivity contribution is 0.600.